The van der Waals surface area contributed by atoms with Crippen molar-refractivity contribution >= 4 is 5.78 Å². The van der Waals surface area contributed by atoms with Crippen LogP contribution in [0.1, 0.15) is 30.4 Å². The summed E-state index contributed by atoms with van der Waals surface area (Å²) < 4.78 is 0. The fourth-order valence-corrected chi connectivity index (χ4v) is 3.12. The minimum absolute atomic E-state index is 0.326. The number of Topliss-reactive ketones (excluding diaryl/α,β-unsaturated/α-hetero) is 1. The van der Waals surface area contributed by atoms with Crippen LogP contribution in [0.4, 0.5) is 0 Å². The fourth-order valence-electron chi connectivity index (χ4n) is 3.12. The normalized spacial score (nSPS) is 29.5. The van der Waals surface area contributed by atoms with Crippen LogP contribution in [0, 0.1) is 11.8 Å². The zero-order valence-electron chi connectivity index (χ0n) is 8.91. The summed E-state index contributed by atoms with van der Waals surface area (Å²) in [7, 11) is 0. The maximum Gasteiger partial charge on any atom is 0.139 e. The predicted molar refractivity (Wildman–Crippen MR) is 59.7 cm³/mol. The summed E-state index contributed by atoms with van der Waals surface area (Å²) in [5.74, 6) is 1.19. The molecule has 0 unspecified atom stereocenters. The number of hydrogen-bond acceptors (Lipinski definition) is 1. The summed E-state index contributed by atoms with van der Waals surface area (Å²) in [6.45, 7) is 0. The second-order valence-corrected chi connectivity index (χ2v) is 4.90. The highest BCUT2D eigenvalue weighted by Gasteiger charge is 2.34. The van der Waals surface area contributed by atoms with Crippen LogP contribution in [-0.2, 0) is 17.6 Å². The molecular weight excluding hydrogens is 184 g/mol. The lowest BCUT2D eigenvalue weighted by Gasteiger charge is -2.24. The number of carbonyl (C=O) groups is 1. The van der Waals surface area contributed by atoms with Gasteiger partial charge in [0.2, 0.25) is 0 Å². The first kappa shape index (κ1) is 9.14. The van der Waals surface area contributed by atoms with Gasteiger partial charge in [0.15, 0.2) is 0 Å². The first-order chi connectivity index (χ1) is 7.34. The van der Waals surface area contributed by atoms with Gasteiger partial charge in [-0.2, -0.15) is 0 Å². The molecule has 0 aliphatic heterocycles. The van der Waals surface area contributed by atoms with Gasteiger partial charge < -0.3 is 0 Å². The largest absolute Gasteiger partial charge is 0.299 e. The smallest absolute Gasteiger partial charge is 0.139 e. The quantitative estimate of drug-likeness (QED) is 0.629. The Morgan fingerprint density at radius 3 is 2.00 bits per heavy atom. The molecule has 0 amide bonds. The lowest BCUT2D eigenvalue weighted by molar-refractivity contribution is -0.128. The molecular formula is C14H16O. The van der Waals surface area contributed by atoms with Crippen molar-refractivity contribution in [2.45, 2.75) is 32.1 Å². The van der Waals surface area contributed by atoms with Gasteiger partial charge >= 0.3 is 0 Å². The Morgan fingerprint density at radius 1 is 0.933 bits per heavy atom. The Bertz CT molecular complexity index is 359. The van der Waals surface area contributed by atoms with Crippen LogP contribution in [0.25, 0.3) is 0 Å². The molecule has 1 aromatic rings. The SMILES string of the molecule is O=C1[C@H]2CCC[C@H]1Cc1ccccc1C2. The number of carbonyl (C=O) groups excluding carboxylic acids is 1. The molecule has 0 heterocycles. The molecule has 1 saturated carbocycles. The summed E-state index contributed by atoms with van der Waals surface area (Å²) in [5, 5.41) is 0. The summed E-state index contributed by atoms with van der Waals surface area (Å²) >= 11 is 0. The fraction of sp³-hybridized carbons (Fsp3) is 0.500. The van der Waals surface area contributed by atoms with Gasteiger partial charge in [-0.3, -0.25) is 4.79 Å². The standard InChI is InChI=1S/C14H16O/c15-14-12-6-3-7-13(14)9-11-5-2-1-4-10(11)8-12/h1-2,4-5,12-13H,3,6-9H2/t12-,13-/m0/s1. The van der Waals surface area contributed by atoms with Gasteiger partial charge in [0.1, 0.15) is 5.78 Å². The third-order valence-electron chi connectivity index (χ3n) is 3.96. The molecule has 15 heavy (non-hydrogen) atoms. The van der Waals surface area contributed by atoms with Crippen molar-refractivity contribution in [3.8, 4) is 0 Å². The van der Waals surface area contributed by atoms with E-state index in [4.69, 9.17) is 0 Å². The van der Waals surface area contributed by atoms with E-state index < -0.39 is 0 Å². The summed E-state index contributed by atoms with van der Waals surface area (Å²) in [5.41, 5.74) is 2.83. The van der Waals surface area contributed by atoms with Gasteiger partial charge in [0, 0.05) is 11.8 Å². The van der Waals surface area contributed by atoms with Crippen LogP contribution in [0.3, 0.4) is 0 Å². The molecule has 1 aromatic carbocycles. The molecule has 2 aliphatic carbocycles. The molecule has 2 atom stereocenters. The Hall–Kier alpha value is -1.11. The van der Waals surface area contributed by atoms with Crippen LogP contribution in [-0.4, -0.2) is 5.78 Å². The van der Waals surface area contributed by atoms with Crippen molar-refractivity contribution in [3.63, 3.8) is 0 Å². The molecule has 0 N–H and O–H groups in total. The topological polar surface area (TPSA) is 17.1 Å². The second kappa shape index (κ2) is 3.48. The van der Waals surface area contributed by atoms with Gasteiger partial charge in [0.05, 0.1) is 0 Å². The second-order valence-electron chi connectivity index (χ2n) is 4.90. The molecule has 2 bridgehead atoms. The van der Waals surface area contributed by atoms with E-state index >= 15 is 0 Å². The van der Waals surface area contributed by atoms with E-state index in [1.807, 2.05) is 0 Å². The van der Waals surface area contributed by atoms with E-state index in [2.05, 4.69) is 24.3 Å². The summed E-state index contributed by atoms with van der Waals surface area (Å²) in [6, 6.07) is 8.59. The van der Waals surface area contributed by atoms with E-state index in [-0.39, 0.29) is 0 Å². The van der Waals surface area contributed by atoms with Gasteiger partial charge in [-0.1, -0.05) is 30.7 Å². The van der Waals surface area contributed by atoms with E-state index in [1.165, 1.54) is 17.5 Å². The first-order valence-corrected chi connectivity index (χ1v) is 5.95. The van der Waals surface area contributed by atoms with Gasteiger partial charge in [-0.05, 0) is 36.8 Å². The average molecular weight is 200 g/mol. The maximum atomic E-state index is 12.1. The molecule has 78 valence electrons. The average Bonchev–Trinajstić information content (AvgIpc) is 2.34. The molecule has 0 radical (unpaired) electrons. The van der Waals surface area contributed by atoms with Crippen molar-refractivity contribution < 1.29 is 4.79 Å². The molecule has 1 fully saturated rings. The van der Waals surface area contributed by atoms with Gasteiger partial charge in [0.25, 0.3) is 0 Å². The zero-order chi connectivity index (χ0) is 10.3. The first-order valence-electron chi connectivity index (χ1n) is 5.95. The van der Waals surface area contributed by atoms with Crippen LogP contribution >= 0.6 is 0 Å². The number of rotatable bonds is 0. The highest BCUT2D eigenvalue weighted by molar-refractivity contribution is 5.85. The predicted octanol–water partition coefficient (Wildman–Crippen LogP) is 2.77. The Morgan fingerprint density at radius 2 is 1.47 bits per heavy atom. The Labute approximate surface area is 90.5 Å². The van der Waals surface area contributed by atoms with Crippen LogP contribution < -0.4 is 0 Å². The van der Waals surface area contributed by atoms with Crippen LogP contribution in [0.15, 0.2) is 24.3 Å². The lowest BCUT2D eigenvalue weighted by Crippen LogP contribution is -2.28. The Kier molecular flexibility index (Phi) is 2.12. The van der Waals surface area contributed by atoms with Crippen molar-refractivity contribution in [1.29, 1.82) is 0 Å². The third kappa shape index (κ3) is 1.50. The minimum Gasteiger partial charge on any atom is -0.299 e. The monoisotopic (exact) mass is 200 g/mol. The molecule has 2 aliphatic rings. The van der Waals surface area contributed by atoms with Crippen molar-refractivity contribution in [2.75, 3.05) is 0 Å². The van der Waals surface area contributed by atoms with Gasteiger partial charge in [-0.15, -0.1) is 0 Å². The van der Waals surface area contributed by atoms with Crippen molar-refractivity contribution in [2.24, 2.45) is 11.8 Å². The summed E-state index contributed by atoms with van der Waals surface area (Å²) in [4.78, 5) is 12.1. The van der Waals surface area contributed by atoms with E-state index in [0.717, 1.165) is 25.7 Å². The maximum absolute atomic E-state index is 12.1. The molecule has 1 heteroatoms. The van der Waals surface area contributed by atoms with E-state index in [1.54, 1.807) is 0 Å². The number of benzene rings is 1. The van der Waals surface area contributed by atoms with Crippen molar-refractivity contribution in [1.82, 2.24) is 0 Å². The molecule has 0 spiro atoms. The minimum atomic E-state index is 0.326. The zero-order valence-corrected chi connectivity index (χ0v) is 8.91. The molecule has 1 nitrogen and oxygen atoms in total. The van der Waals surface area contributed by atoms with Crippen LogP contribution in [0.2, 0.25) is 0 Å². The van der Waals surface area contributed by atoms with Gasteiger partial charge in [-0.25, -0.2) is 0 Å². The van der Waals surface area contributed by atoms with E-state index in [0.29, 0.717) is 17.6 Å². The highest BCUT2D eigenvalue weighted by atomic mass is 16.1. The molecule has 0 saturated heterocycles. The lowest BCUT2D eigenvalue weighted by atomic mass is 9.79. The highest BCUT2D eigenvalue weighted by Crippen LogP contribution is 2.35. The molecule has 3 rings (SSSR count). The molecule has 0 aromatic heterocycles. The third-order valence-corrected chi connectivity index (χ3v) is 3.96. The van der Waals surface area contributed by atoms with Crippen molar-refractivity contribution in [3.05, 3.63) is 35.4 Å². The van der Waals surface area contributed by atoms with Crippen LogP contribution in [0.5, 0.6) is 0 Å². The van der Waals surface area contributed by atoms with E-state index in [9.17, 15) is 4.79 Å². The number of ketones is 1. The summed E-state index contributed by atoms with van der Waals surface area (Å²) in [6.07, 6.45) is 5.46. The Balaban J connectivity index is 2.03. The number of fused-ring (bicyclic) bond motifs is 3. The number of hydrogen-bond donors (Lipinski definition) is 0.